The molecular formula is C16H17NO3S. The first-order valence-electron chi connectivity index (χ1n) is 6.80. The number of sulfonamides is 1. The fraction of sp³-hybridized carbons (Fsp3) is 0.250. The third kappa shape index (κ3) is 2.27. The summed E-state index contributed by atoms with van der Waals surface area (Å²) < 4.78 is 32.2. The minimum atomic E-state index is -3.53. The Morgan fingerprint density at radius 1 is 1.10 bits per heavy atom. The number of fused-ring (bicyclic) bond motifs is 1. The number of ether oxygens (including phenoxy) is 1. The van der Waals surface area contributed by atoms with Crippen LogP contribution in [-0.4, -0.2) is 22.1 Å². The largest absolute Gasteiger partial charge is 0.497 e. The fourth-order valence-corrected chi connectivity index (χ4v) is 4.26. The molecule has 4 nitrogen and oxygen atoms in total. The lowest BCUT2D eigenvalue weighted by Gasteiger charge is -2.20. The summed E-state index contributed by atoms with van der Waals surface area (Å²) in [6.07, 6.45) is 0. The number of benzene rings is 2. The first-order valence-corrected chi connectivity index (χ1v) is 8.24. The van der Waals surface area contributed by atoms with Crippen LogP contribution < -0.4 is 9.04 Å². The van der Waals surface area contributed by atoms with Gasteiger partial charge in [-0.25, -0.2) is 8.42 Å². The number of hydrogen-bond donors (Lipinski definition) is 0. The molecule has 2 aromatic rings. The second kappa shape index (κ2) is 5.07. The van der Waals surface area contributed by atoms with Gasteiger partial charge in [0, 0.05) is 12.5 Å². The average Bonchev–Trinajstić information content (AvgIpc) is 2.86. The van der Waals surface area contributed by atoms with E-state index in [-0.39, 0.29) is 10.8 Å². The molecular weight excluding hydrogens is 286 g/mol. The zero-order chi connectivity index (χ0) is 15.0. The van der Waals surface area contributed by atoms with Gasteiger partial charge in [-0.3, -0.25) is 4.31 Å². The summed E-state index contributed by atoms with van der Waals surface area (Å²) >= 11 is 0. The van der Waals surface area contributed by atoms with E-state index >= 15 is 0 Å². The van der Waals surface area contributed by atoms with Crippen molar-refractivity contribution in [1.29, 1.82) is 0 Å². The topological polar surface area (TPSA) is 46.6 Å². The summed E-state index contributed by atoms with van der Waals surface area (Å²) in [5.41, 5.74) is 1.86. The molecule has 0 saturated carbocycles. The maximum atomic E-state index is 12.8. The molecule has 3 rings (SSSR count). The van der Waals surface area contributed by atoms with Gasteiger partial charge < -0.3 is 4.74 Å². The van der Waals surface area contributed by atoms with Gasteiger partial charge in [0.1, 0.15) is 5.75 Å². The van der Waals surface area contributed by atoms with Crippen LogP contribution in [0.15, 0.2) is 53.4 Å². The fourth-order valence-electron chi connectivity index (χ4n) is 2.68. The average molecular weight is 303 g/mol. The number of methoxy groups -OCH3 is 1. The third-order valence-corrected chi connectivity index (χ3v) is 5.62. The van der Waals surface area contributed by atoms with E-state index in [2.05, 4.69) is 0 Å². The Morgan fingerprint density at radius 3 is 2.43 bits per heavy atom. The Hall–Kier alpha value is -2.01. The summed E-state index contributed by atoms with van der Waals surface area (Å²) in [5.74, 6) is 0.846. The summed E-state index contributed by atoms with van der Waals surface area (Å²) in [6, 6.07) is 14.2. The molecule has 5 heteroatoms. The highest BCUT2D eigenvalue weighted by molar-refractivity contribution is 7.92. The molecule has 110 valence electrons. The van der Waals surface area contributed by atoms with Gasteiger partial charge in [-0.1, -0.05) is 25.1 Å². The first kappa shape index (κ1) is 13.9. The van der Waals surface area contributed by atoms with Crippen molar-refractivity contribution in [3.05, 3.63) is 54.1 Å². The van der Waals surface area contributed by atoms with Crippen molar-refractivity contribution >= 4 is 15.7 Å². The highest BCUT2D eigenvalue weighted by Crippen LogP contribution is 2.39. The van der Waals surface area contributed by atoms with Crippen LogP contribution in [0.1, 0.15) is 18.4 Å². The molecule has 1 aliphatic heterocycles. The van der Waals surface area contributed by atoms with Crippen LogP contribution >= 0.6 is 0 Å². The predicted octanol–water partition coefficient (Wildman–Crippen LogP) is 3.01. The van der Waals surface area contributed by atoms with Gasteiger partial charge in [0.2, 0.25) is 0 Å². The summed E-state index contributed by atoms with van der Waals surface area (Å²) in [7, 11) is -1.97. The molecule has 0 aromatic heterocycles. The highest BCUT2D eigenvalue weighted by Gasteiger charge is 2.34. The molecule has 1 heterocycles. The van der Waals surface area contributed by atoms with Crippen LogP contribution in [0.4, 0.5) is 5.69 Å². The molecule has 1 aliphatic rings. The number of rotatable bonds is 3. The van der Waals surface area contributed by atoms with Crippen LogP contribution in [0.2, 0.25) is 0 Å². The predicted molar refractivity (Wildman–Crippen MR) is 82.4 cm³/mol. The van der Waals surface area contributed by atoms with Crippen molar-refractivity contribution in [2.24, 2.45) is 0 Å². The van der Waals surface area contributed by atoms with Crippen molar-refractivity contribution in [2.45, 2.75) is 17.7 Å². The third-order valence-electron chi connectivity index (χ3n) is 3.82. The summed E-state index contributed by atoms with van der Waals surface area (Å²) in [6.45, 7) is 2.52. The molecule has 0 aliphatic carbocycles. The molecule has 0 spiro atoms. The van der Waals surface area contributed by atoms with E-state index in [1.165, 1.54) is 4.31 Å². The lowest BCUT2D eigenvalue weighted by molar-refractivity contribution is 0.414. The highest BCUT2D eigenvalue weighted by atomic mass is 32.2. The van der Waals surface area contributed by atoms with E-state index in [4.69, 9.17) is 4.74 Å². The SMILES string of the molecule is COc1ccc(S(=O)(=O)N2CC(C)c3ccccc32)cc1. The standard InChI is InChI=1S/C16H17NO3S/c1-12-11-17(16-6-4-3-5-15(12)16)21(18,19)14-9-7-13(20-2)8-10-14/h3-10,12H,11H2,1-2H3. The van der Waals surface area contributed by atoms with E-state index in [1.54, 1.807) is 31.4 Å². The molecule has 0 N–H and O–H groups in total. The zero-order valence-electron chi connectivity index (χ0n) is 12.0. The molecule has 1 unspecified atom stereocenters. The van der Waals surface area contributed by atoms with Crippen LogP contribution in [-0.2, 0) is 10.0 Å². The minimum Gasteiger partial charge on any atom is -0.497 e. The van der Waals surface area contributed by atoms with Gasteiger partial charge >= 0.3 is 0 Å². The molecule has 0 saturated heterocycles. The van der Waals surface area contributed by atoms with Crippen LogP contribution in [0, 0.1) is 0 Å². The Bertz CT molecular complexity index is 753. The van der Waals surface area contributed by atoms with Crippen LogP contribution in [0.3, 0.4) is 0 Å². The molecule has 0 bridgehead atoms. The van der Waals surface area contributed by atoms with E-state index in [1.807, 2.05) is 31.2 Å². The van der Waals surface area contributed by atoms with Gasteiger partial charge in [0.15, 0.2) is 0 Å². The zero-order valence-corrected chi connectivity index (χ0v) is 12.8. The number of anilines is 1. The van der Waals surface area contributed by atoms with Crippen molar-refractivity contribution in [3.8, 4) is 5.75 Å². The number of nitrogens with zero attached hydrogens (tertiary/aromatic N) is 1. The van der Waals surface area contributed by atoms with Gasteiger partial charge in [-0.05, 0) is 35.9 Å². The van der Waals surface area contributed by atoms with E-state index in [0.29, 0.717) is 12.3 Å². The maximum Gasteiger partial charge on any atom is 0.264 e. The Balaban J connectivity index is 2.03. The van der Waals surface area contributed by atoms with Gasteiger partial charge in [-0.15, -0.1) is 0 Å². The Kier molecular flexibility index (Phi) is 3.37. The lowest BCUT2D eigenvalue weighted by atomic mass is 10.0. The van der Waals surface area contributed by atoms with Crippen molar-refractivity contribution in [1.82, 2.24) is 0 Å². The van der Waals surface area contributed by atoms with Crippen molar-refractivity contribution < 1.29 is 13.2 Å². The molecule has 0 radical (unpaired) electrons. The Morgan fingerprint density at radius 2 is 1.76 bits per heavy atom. The molecule has 21 heavy (non-hydrogen) atoms. The van der Waals surface area contributed by atoms with Crippen molar-refractivity contribution in [2.75, 3.05) is 18.0 Å². The maximum absolute atomic E-state index is 12.8. The molecule has 1 atom stereocenters. The molecule has 0 amide bonds. The smallest absolute Gasteiger partial charge is 0.264 e. The quantitative estimate of drug-likeness (QED) is 0.875. The van der Waals surface area contributed by atoms with E-state index < -0.39 is 10.0 Å². The molecule has 2 aromatic carbocycles. The van der Waals surface area contributed by atoms with Crippen LogP contribution in [0.25, 0.3) is 0 Å². The summed E-state index contributed by atoms with van der Waals surface area (Å²) in [4.78, 5) is 0.284. The van der Waals surface area contributed by atoms with Crippen LogP contribution in [0.5, 0.6) is 5.75 Å². The number of hydrogen-bond acceptors (Lipinski definition) is 3. The monoisotopic (exact) mass is 303 g/mol. The number of para-hydroxylation sites is 1. The van der Waals surface area contributed by atoms with Gasteiger partial charge in [0.05, 0.1) is 17.7 Å². The Labute approximate surface area is 125 Å². The van der Waals surface area contributed by atoms with Crippen molar-refractivity contribution in [3.63, 3.8) is 0 Å². The molecule has 0 fully saturated rings. The first-order chi connectivity index (χ1) is 10.0. The summed E-state index contributed by atoms with van der Waals surface area (Å²) in [5, 5.41) is 0. The second-order valence-electron chi connectivity index (χ2n) is 5.17. The normalized spacial score (nSPS) is 17.6. The van der Waals surface area contributed by atoms with E-state index in [9.17, 15) is 8.42 Å². The second-order valence-corrected chi connectivity index (χ2v) is 7.03. The minimum absolute atomic E-state index is 0.203. The van der Waals surface area contributed by atoms with Gasteiger partial charge in [0.25, 0.3) is 10.0 Å². The van der Waals surface area contributed by atoms with Gasteiger partial charge in [-0.2, -0.15) is 0 Å². The van der Waals surface area contributed by atoms with E-state index in [0.717, 1.165) is 11.3 Å². The lowest BCUT2D eigenvalue weighted by Crippen LogP contribution is -2.29.